The maximum absolute atomic E-state index is 11.8. The van der Waals surface area contributed by atoms with Gasteiger partial charge in [0.05, 0.1) is 13.2 Å². The van der Waals surface area contributed by atoms with Gasteiger partial charge in [-0.25, -0.2) is 0 Å². The summed E-state index contributed by atoms with van der Waals surface area (Å²) in [7, 11) is 0. The smallest absolute Gasteiger partial charge is 0.239 e. The normalized spacial score (nSPS) is 23.9. The molecule has 0 aromatic rings. The summed E-state index contributed by atoms with van der Waals surface area (Å²) in [6, 6.07) is 0.0905. The molecular weight excluding hydrogens is 192 g/mol. The molecule has 88 valence electrons. The number of amides is 1. The van der Waals surface area contributed by atoms with Crippen molar-refractivity contribution in [3.05, 3.63) is 0 Å². The van der Waals surface area contributed by atoms with E-state index >= 15 is 0 Å². The molecule has 2 unspecified atom stereocenters. The Morgan fingerprint density at radius 2 is 2.33 bits per heavy atom. The van der Waals surface area contributed by atoms with E-state index in [2.05, 4.69) is 31.4 Å². The van der Waals surface area contributed by atoms with Crippen molar-refractivity contribution in [3.63, 3.8) is 0 Å². The average Bonchev–Trinajstić information content (AvgIpc) is 2.26. The van der Waals surface area contributed by atoms with E-state index in [-0.39, 0.29) is 18.0 Å². The molecule has 1 heterocycles. The number of carbonyl (C=O) groups is 1. The maximum atomic E-state index is 11.8. The lowest BCUT2D eigenvalue weighted by Crippen LogP contribution is -2.54. The Morgan fingerprint density at radius 1 is 1.60 bits per heavy atom. The molecule has 0 aliphatic carbocycles. The van der Waals surface area contributed by atoms with Gasteiger partial charge in [-0.2, -0.15) is 0 Å². The van der Waals surface area contributed by atoms with Crippen molar-refractivity contribution in [1.82, 2.24) is 10.6 Å². The van der Waals surface area contributed by atoms with Crippen molar-refractivity contribution in [2.75, 3.05) is 19.8 Å². The molecule has 0 radical (unpaired) electrons. The van der Waals surface area contributed by atoms with Crippen LogP contribution in [0.1, 0.15) is 27.2 Å². The van der Waals surface area contributed by atoms with E-state index in [1.807, 2.05) is 0 Å². The van der Waals surface area contributed by atoms with Gasteiger partial charge in [0, 0.05) is 12.6 Å². The summed E-state index contributed by atoms with van der Waals surface area (Å²) in [6.07, 6.45) is 0.969. The van der Waals surface area contributed by atoms with Crippen LogP contribution >= 0.6 is 0 Å². The number of nitrogens with one attached hydrogen (secondary N) is 2. The Balaban J connectivity index is 2.38. The summed E-state index contributed by atoms with van der Waals surface area (Å²) in [5.74, 6) is 0.540. The highest BCUT2D eigenvalue weighted by Gasteiger charge is 2.23. The van der Waals surface area contributed by atoms with E-state index in [1.165, 1.54) is 0 Å². The summed E-state index contributed by atoms with van der Waals surface area (Å²) in [5.41, 5.74) is 0. The molecule has 0 bridgehead atoms. The molecule has 1 fully saturated rings. The molecule has 4 heteroatoms. The summed E-state index contributed by atoms with van der Waals surface area (Å²) in [4.78, 5) is 11.8. The second-order valence-corrected chi connectivity index (χ2v) is 4.35. The van der Waals surface area contributed by atoms with Gasteiger partial charge in [0.2, 0.25) is 5.91 Å². The first-order valence-electron chi connectivity index (χ1n) is 5.76. The first-order chi connectivity index (χ1) is 7.15. The first kappa shape index (κ1) is 12.5. The molecule has 4 nitrogen and oxygen atoms in total. The second kappa shape index (κ2) is 6.08. The van der Waals surface area contributed by atoms with E-state index < -0.39 is 0 Å². The highest BCUT2D eigenvalue weighted by atomic mass is 16.5. The molecule has 2 N–H and O–H groups in total. The zero-order valence-electron chi connectivity index (χ0n) is 9.88. The molecular formula is C11H22N2O2. The Hall–Kier alpha value is -0.610. The minimum Gasteiger partial charge on any atom is -0.378 e. The zero-order valence-corrected chi connectivity index (χ0v) is 9.88. The summed E-state index contributed by atoms with van der Waals surface area (Å²) < 4.78 is 5.26. The van der Waals surface area contributed by atoms with Gasteiger partial charge in [0.1, 0.15) is 6.04 Å². The Morgan fingerprint density at radius 3 is 2.80 bits per heavy atom. The van der Waals surface area contributed by atoms with E-state index in [0.29, 0.717) is 19.1 Å². The van der Waals surface area contributed by atoms with E-state index in [9.17, 15) is 4.79 Å². The lowest BCUT2D eigenvalue weighted by atomic mass is 10.0. The van der Waals surface area contributed by atoms with Gasteiger partial charge < -0.3 is 15.4 Å². The van der Waals surface area contributed by atoms with Gasteiger partial charge >= 0.3 is 0 Å². The maximum Gasteiger partial charge on any atom is 0.239 e. The third kappa shape index (κ3) is 3.80. The first-order valence-corrected chi connectivity index (χ1v) is 5.76. The van der Waals surface area contributed by atoms with Gasteiger partial charge in [0.15, 0.2) is 0 Å². The third-order valence-corrected chi connectivity index (χ3v) is 2.81. The van der Waals surface area contributed by atoms with Gasteiger partial charge in [-0.05, 0) is 12.3 Å². The number of carbonyl (C=O) groups excluding carboxylic acids is 1. The zero-order chi connectivity index (χ0) is 11.3. The number of hydrogen-bond donors (Lipinski definition) is 2. The fourth-order valence-electron chi connectivity index (χ4n) is 1.76. The minimum atomic E-state index is -0.174. The molecule has 0 aromatic heterocycles. The van der Waals surface area contributed by atoms with E-state index in [4.69, 9.17) is 4.74 Å². The van der Waals surface area contributed by atoms with E-state index in [0.717, 1.165) is 13.0 Å². The molecule has 1 aliphatic rings. The van der Waals surface area contributed by atoms with Gasteiger partial charge in [-0.1, -0.05) is 20.8 Å². The lowest BCUT2D eigenvalue weighted by Gasteiger charge is -2.27. The Labute approximate surface area is 91.8 Å². The van der Waals surface area contributed by atoms with Crippen LogP contribution in [0.4, 0.5) is 0 Å². The van der Waals surface area contributed by atoms with Gasteiger partial charge in [0.25, 0.3) is 0 Å². The average molecular weight is 214 g/mol. The lowest BCUT2D eigenvalue weighted by molar-refractivity contribution is -0.127. The van der Waals surface area contributed by atoms with Crippen LogP contribution < -0.4 is 10.6 Å². The monoisotopic (exact) mass is 214 g/mol. The molecule has 0 saturated carbocycles. The number of morpholine rings is 1. The topological polar surface area (TPSA) is 50.4 Å². The fourth-order valence-corrected chi connectivity index (χ4v) is 1.76. The predicted octanol–water partition coefficient (Wildman–Crippen LogP) is 0.526. The Kier molecular flexibility index (Phi) is 5.05. The highest BCUT2D eigenvalue weighted by Crippen LogP contribution is 2.06. The van der Waals surface area contributed by atoms with Crippen molar-refractivity contribution in [2.45, 2.75) is 39.3 Å². The van der Waals surface area contributed by atoms with Crippen molar-refractivity contribution in [2.24, 2.45) is 5.92 Å². The molecule has 1 rings (SSSR count). The van der Waals surface area contributed by atoms with Crippen molar-refractivity contribution >= 4 is 5.91 Å². The van der Waals surface area contributed by atoms with Crippen molar-refractivity contribution in [1.29, 1.82) is 0 Å². The van der Waals surface area contributed by atoms with Crippen LogP contribution in [0.5, 0.6) is 0 Å². The van der Waals surface area contributed by atoms with Gasteiger partial charge in [-0.3, -0.25) is 4.79 Å². The molecule has 15 heavy (non-hydrogen) atoms. The SMILES string of the molecule is CCC(NC(=O)C1COCCN1)C(C)C. The standard InChI is InChI=1S/C11H22N2O2/c1-4-9(8(2)3)13-11(14)10-7-15-6-5-12-10/h8-10,12H,4-7H2,1-3H3,(H,13,14). The summed E-state index contributed by atoms with van der Waals surface area (Å²) in [5, 5.41) is 6.20. The highest BCUT2D eigenvalue weighted by molar-refractivity contribution is 5.82. The van der Waals surface area contributed by atoms with Crippen LogP contribution in [-0.4, -0.2) is 37.7 Å². The number of rotatable bonds is 4. The van der Waals surface area contributed by atoms with Crippen LogP contribution in [-0.2, 0) is 9.53 Å². The molecule has 2 atom stereocenters. The van der Waals surface area contributed by atoms with Crippen molar-refractivity contribution in [3.8, 4) is 0 Å². The molecule has 0 aromatic carbocycles. The van der Waals surface area contributed by atoms with Crippen LogP contribution in [0.2, 0.25) is 0 Å². The summed E-state index contributed by atoms with van der Waals surface area (Å²) in [6.45, 7) is 8.29. The third-order valence-electron chi connectivity index (χ3n) is 2.81. The predicted molar refractivity (Wildman–Crippen MR) is 59.7 cm³/mol. The summed E-state index contributed by atoms with van der Waals surface area (Å²) >= 11 is 0. The molecule has 1 aliphatic heterocycles. The number of ether oxygens (including phenoxy) is 1. The minimum absolute atomic E-state index is 0.0650. The second-order valence-electron chi connectivity index (χ2n) is 4.35. The van der Waals surface area contributed by atoms with Crippen LogP contribution in [0.25, 0.3) is 0 Å². The van der Waals surface area contributed by atoms with Crippen LogP contribution in [0.3, 0.4) is 0 Å². The largest absolute Gasteiger partial charge is 0.378 e. The van der Waals surface area contributed by atoms with Gasteiger partial charge in [-0.15, -0.1) is 0 Å². The van der Waals surface area contributed by atoms with Crippen LogP contribution in [0, 0.1) is 5.92 Å². The molecule has 1 amide bonds. The molecule has 1 saturated heterocycles. The Bertz CT molecular complexity index is 201. The van der Waals surface area contributed by atoms with Crippen molar-refractivity contribution < 1.29 is 9.53 Å². The molecule has 0 spiro atoms. The van der Waals surface area contributed by atoms with Crippen LogP contribution in [0.15, 0.2) is 0 Å². The fraction of sp³-hybridized carbons (Fsp3) is 0.909. The number of hydrogen-bond acceptors (Lipinski definition) is 3. The quantitative estimate of drug-likeness (QED) is 0.717. The van der Waals surface area contributed by atoms with E-state index in [1.54, 1.807) is 0 Å².